The molecule has 1 aromatic rings. The zero-order valence-corrected chi connectivity index (χ0v) is 11.9. The Bertz CT molecular complexity index is 432. The predicted molar refractivity (Wildman–Crippen MR) is 66.0 cm³/mol. The Morgan fingerprint density at radius 1 is 1.53 bits per heavy atom. The molecule has 0 bridgehead atoms. The van der Waals surface area contributed by atoms with E-state index in [0.717, 1.165) is 6.42 Å². The summed E-state index contributed by atoms with van der Waals surface area (Å²) in [5.74, 6) is -0.292. The molecule has 1 heterocycles. The Morgan fingerprint density at radius 2 is 2.21 bits per heavy atom. The molecule has 4 nitrogen and oxygen atoms in total. The van der Waals surface area contributed by atoms with E-state index in [2.05, 4.69) is 25.8 Å². The van der Waals surface area contributed by atoms with E-state index in [-0.39, 0.29) is 18.8 Å². The maximum Gasteiger partial charge on any atom is 0.411 e. The van der Waals surface area contributed by atoms with Gasteiger partial charge in [0.1, 0.15) is 12.3 Å². The minimum absolute atomic E-state index is 0.107. The lowest BCUT2D eigenvalue weighted by molar-refractivity contribution is -0.173. The highest BCUT2D eigenvalue weighted by Crippen LogP contribution is 2.19. The molecule has 1 aromatic heterocycles. The SMILES string of the molecule is CCCn1ncc(Br)c1C(=O)CCOCC(F)(F)F. The van der Waals surface area contributed by atoms with E-state index in [1.165, 1.54) is 10.9 Å². The van der Waals surface area contributed by atoms with E-state index < -0.39 is 12.8 Å². The van der Waals surface area contributed by atoms with E-state index in [1.54, 1.807) is 0 Å². The molecule has 0 unspecified atom stereocenters. The van der Waals surface area contributed by atoms with Gasteiger partial charge in [-0.25, -0.2) is 0 Å². The number of aromatic nitrogens is 2. The van der Waals surface area contributed by atoms with E-state index in [4.69, 9.17) is 0 Å². The van der Waals surface area contributed by atoms with Gasteiger partial charge in [0.05, 0.1) is 17.3 Å². The summed E-state index contributed by atoms with van der Waals surface area (Å²) >= 11 is 3.20. The second kappa shape index (κ2) is 7.04. The maximum absolute atomic E-state index is 11.9. The first-order chi connectivity index (χ1) is 8.85. The Morgan fingerprint density at radius 3 is 2.79 bits per heavy atom. The molecule has 108 valence electrons. The molecule has 8 heteroatoms. The molecule has 0 atom stereocenters. The van der Waals surface area contributed by atoms with Crippen molar-refractivity contribution in [1.29, 1.82) is 0 Å². The highest BCUT2D eigenvalue weighted by atomic mass is 79.9. The smallest absolute Gasteiger partial charge is 0.372 e. The molecule has 0 saturated carbocycles. The van der Waals surface area contributed by atoms with Gasteiger partial charge in [0, 0.05) is 13.0 Å². The summed E-state index contributed by atoms with van der Waals surface area (Å²) in [4.78, 5) is 11.9. The molecule has 0 aliphatic heterocycles. The van der Waals surface area contributed by atoms with Crippen molar-refractivity contribution in [1.82, 2.24) is 9.78 Å². The molecule has 0 N–H and O–H groups in total. The number of rotatable bonds is 7. The molecule has 0 amide bonds. The number of hydrogen-bond acceptors (Lipinski definition) is 3. The van der Waals surface area contributed by atoms with Crippen molar-refractivity contribution in [3.8, 4) is 0 Å². The van der Waals surface area contributed by atoms with Gasteiger partial charge in [0.25, 0.3) is 0 Å². The van der Waals surface area contributed by atoms with Crippen molar-refractivity contribution in [2.75, 3.05) is 13.2 Å². The highest BCUT2D eigenvalue weighted by Gasteiger charge is 2.27. The van der Waals surface area contributed by atoms with Gasteiger partial charge >= 0.3 is 6.18 Å². The number of carbonyl (C=O) groups is 1. The third kappa shape index (κ3) is 5.32. The van der Waals surface area contributed by atoms with Crippen molar-refractivity contribution in [2.45, 2.75) is 32.5 Å². The first-order valence-corrected chi connectivity index (χ1v) is 6.53. The average molecular weight is 343 g/mol. The Balaban J connectivity index is 2.52. The number of hydrogen-bond donors (Lipinski definition) is 0. The Kier molecular flexibility index (Phi) is 5.99. The van der Waals surface area contributed by atoms with Crippen LogP contribution in [0.15, 0.2) is 10.7 Å². The topological polar surface area (TPSA) is 44.1 Å². The molecule has 0 aromatic carbocycles. The van der Waals surface area contributed by atoms with Gasteiger partial charge < -0.3 is 4.74 Å². The van der Waals surface area contributed by atoms with Crippen molar-refractivity contribution < 1.29 is 22.7 Å². The lowest BCUT2D eigenvalue weighted by Crippen LogP contribution is -2.19. The van der Waals surface area contributed by atoms with Gasteiger partial charge in [-0.2, -0.15) is 18.3 Å². The summed E-state index contributed by atoms with van der Waals surface area (Å²) in [6.45, 7) is 0.921. The minimum atomic E-state index is -4.37. The van der Waals surface area contributed by atoms with Crippen LogP contribution in [0.2, 0.25) is 0 Å². The van der Waals surface area contributed by atoms with Crippen molar-refractivity contribution in [3.05, 3.63) is 16.4 Å². The fraction of sp³-hybridized carbons (Fsp3) is 0.636. The van der Waals surface area contributed by atoms with E-state index in [0.29, 0.717) is 16.7 Å². The summed E-state index contributed by atoms with van der Waals surface area (Å²) in [7, 11) is 0. The van der Waals surface area contributed by atoms with Gasteiger partial charge in [-0.15, -0.1) is 0 Å². The number of ether oxygens (including phenoxy) is 1. The predicted octanol–water partition coefficient (Wildman–Crippen LogP) is 3.21. The number of Topliss-reactive ketones (excluding diaryl/α,β-unsaturated/α-hetero) is 1. The van der Waals surface area contributed by atoms with Gasteiger partial charge in [0.15, 0.2) is 5.78 Å². The molecule has 19 heavy (non-hydrogen) atoms. The second-order valence-electron chi connectivity index (χ2n) is 3.91. The van der Waals surface area contributed by atoms with Gasteiger partial charge in [-0.1, -0.05) is 6.92 Å². The zero-order valence-electron chi connectivity index (χ0n) is 10.3. The number of alkyl halides is 3. The Hall–Kier alpha value is -0.890. The highest BCUT2D eigenvalue weighted by molar-refractivity contribution is 9.10. The minimum Gasteiger partial charge on any atom is -0.372 e. The molecule has 0 aliphatic rings. The van der Waals surface area contributed by atoms with Crippen LogP contribution in [0.1, 0.15) is 30.3 Å². The summed E-state index contributed by atoms with van der Waals surface area (Å²) in [5, 5.41) is 4.02. The molecule has 0 fully saturated rings. The first-order valence-electron chi connectivity index (χ1n) is 5.74. The fourth-order valence-electron chi connectivity index (χ4n) is 1.49. The molecular formula is C11H14BrF3N2O2. The standard InChI is InChI=1S/C11H14BrF3N2O2/c1-2-4-17-10(8(12)6-16-17)9(18)3-5-19-7-11(13,14)15/h6H,2-5,7H2,1H3. The molecular weight excluding hydrogens is 329 g/mol. The third-order valence-corrected chi connectivity index (χ3v) is 2.81. The van der Waals surface area contributed by atoms with Crippen LogP contribution in [0.25, 0.3) is 0 Å². The average Bonchev–Trinajstić information content (AvgIpc) is 2.65. The van der Waals surface area contributed by atoms with Crippen LogP contribution in [0, 0.1) is 0 Å². The van der Waals surface area contributed by atoms with E-state index in [9.17, 15) is 18.0 Å². The van der Waals surface area contributed by atoms with Crippen LogP contribution in [0.5, 0.6) is 0 Å². The van der Waals surface area contributed by atoms with Crippen molar-refractivity contribution in [3.63, 3.8) is 0 Å². The second-order valence-corrected chi connectivity index (χ2v) is 4.76. The molecule has 0 radical (unpaired) electrons. The largest absolute Gasteiger partial charge is 0.411 e. The molecule has 0 saturated heterocycles. The first kappa shape index (κ1) is 16.2. The number of aryl methyl sites for hydroxylation is 1. The van der Waals surface area contributed by atoms with Crippen LogP contribution < -0.4 is 0 Å². The van der Waals surface area contributed by atoms with E-state index in [1.807, 2.05) is 6.92 Å². The third-order valence-electron chi connectivity index (χ3n) is 2.23. The quantitative estimate of drug-likeness (QED) is 0.564. The van der Waals surface area contributed by atoms with Gasteiger partial charge in [0.2, 0.25) is 0 Å². The monoisotopic (exact) mass is 342 g/mol. The molecule has 1 rings (SSSR count). The lowest BCUT2D eigenvalue weighted by Gasteiger charge is -2.08. The van der Waals surface area contributed by atoms with Gasteiger partial charge in [-0.3, -0.25) is 9.48 Å². The summed E-state index contributed by atoms with van der Waals surface area (Å²) in [6.07, 6.45) is -2.17. The number of carbonyl (C=O) groups excluding carboxylic acids is 1. The molecule has 0 spiro atoms. The number of halogens is 4. The van der Waals surface area contributed by atoms with Crippen LogP contribution >= 0.6 is 15.9 Å². The van der Waals surface area contributed by atoms with Crippen molar-refractivity contribution in [2.24, 2.45) is 0 Å². The zero-order chi connectivity index (χ0) is 14.5. The van der Waals surface area contributed by atoms with Gasteiger partial charge in [-0.05, 0) is 22.4 Å². The lowest BCUT2D eigenvalue weighted by atomic mass is 10.2. The molecule has 0 aliphatic carbocycles. The summed E-state index contributed by atoms with van der Waals surface area (Å²) < 4.78 is 42.0. The Labute approximate surface area is 117 Å². The summed E-state index contributed by atoms with van der Waals surface area (Å²) in [6, 6.07) is 0. The van der Waals surface area contributed by atoms with Crippen LogP contribution in [0.4, 0.5) is 13.2 Å². The van der Waals surface area contributed by atoms with Crippen LogP contribution in [0.3, 0.4) is 0 Å². The number of ketones is 1. The van der Waals surface area contributed by atoms with Crippen LogP contribution in [-0.2, 0) is 11.3 Å². The summed E-state index contributed by atoms with van der Waals surface area (Å²) in [5.41, 5.74) is 0.373. The van der Waals surface area contributed by atoms with E-state index >= 15 is 0 Å². The van der Waals surface area contributed by atoms with Crippen molar-refractivity contribution >= 4 is 21.7 Å². The number of nitrogens with zero attached hydrogens (tertiary/aromatic N) is 2. The normalized spacial score (nSPS) is 11.8. The maximum atomic E-state index is 11.9. The van der Waals surface area contributed by atoms with Crippen LogP contribution in [-0.4, -0.2) is 35.0 Å². The fourth-order valence-corrected chi connectivity index (χ4v) is 2.01.